The number of ether oxygens (including phenoxy) is 1. The summed E-state index contributed by atoms with van der Waals surface area (Å²) in [6.07, 6.45) is 3.40. The van der Waals surface area contributed by atoms with Crippen molar-refractivity contribution < 1.29 is 24.2 Å². The van der Waals surface area contributed by atoms with Crippen molar-refractivity contribution in [1.82, 2.24) is 10.2 Å². The molecule has 176 valence electrons. The zero-order valence-corrected chi connectivity index (χ0v) is 20.2. The smallest absolute Gasteiger partial charge is 0.310 e. The van der Waals surface area contributed by atoms with E-state index in [4.69, 9.17) is 4.74 Å². The third-order valence-corrected chi connectivity index (χ3v) is 9.74. The van der Waals surface area contributed by atoms with Gasteiger partial charge in [0.25, 0.3) is 0 Å². The maximum Gasteiger partial charge on any atom is 0.310 e. The van der Waals surface area contributed by atoms with E-state index >= 15 is 0 Å². The van der Waals surface area contributed by atoms with Crippen LogP contribution in [-0.4, -0.2) is 69.6 Å². The molecule has 0 saturated carbocycles. The molecule has 2 N–H and O–H groups in total. The van der Waals surface area contributed by atoms with Crippen LogP contribution in [0.15, 0.2) is 0 Å². The molecule has 3 aliphatic heterocycles. The molecule has 0 aliphatic carbocycles. The zero-order valence-electron chi connectivity index (χ0n) is 19.4. The van der Waals surface area contributed by atoms with Crippen molar-refractivity contribution in [2.45, 2.75) is 82.4 Å². The lowest BCUT2D eigenvalue weighted by Crippen LogP contribution is -2.59. The predicted octanol–water partition coefficient (Wildman–Crippen LogP) is 2.21. The number of nitrogens with one attached hydrogen (secondary N) is 1. The molecular weight excluding hydrogens is 416 g/mol. The average Bonchev–Trinajstić information content (AvgIpc) is 3.33. The highest BCUT2D eigenvalue weighted by molar-refractivity contribution is 8.02. The van der Waals surface area contributed by atoms with E-state index in [2.05, 4.69) is 19.2 Å². The number of esters is 1. The maximum absolute atomic E-state index is 13.9. The molecule has 3 heterocycles. The number of amides is 2. The molecule has 0 radical (unpaired) electrons. The zero-order chi connectivity index (χ0) is 22.9. The largest absolute Gasteiger partial charge is 0.466 e. The van der Waals surface area contributed by atoms with Gasteiger partial charge in [-0.3, -0.25) is 14.4 Å². The van der Waals surface area contributed by atoms with Crippen molar-refractivity contribution in [2.75, 3.05) is 19.8 Å². The number of hydrogen-bond donors (Lipinski definition) is 2. The van der Waals surface area contributed by atoms with Crippen molar-refractivity contribution in [3.63, 3.8) is 0 Å². The lowest BCUT2D eigenvalue weighted by molar-refractivity contribution is -0.154. The van der Waals surface area contributed by atoms with Crippen LogP contribution < -0.4 is 5.32 Å². The van der Waals surface area contributed by atoms with Crippen LogP contribution >= 0.6 is 11.8 Å². The molecule has 3 rings (SSSR count). The van der Waals surface area contributed by atoms with Gasteiger partial charge in [-0.25, -0.2) is 0 Å². The summed E-state index contributed by atoms with van der Waals surface area (Å²) in [5, 5.41) is 13.3. The molecule has 8 heteroatoms. The van der Waals surface area contributed by atoms with Gasteiger partial charge in [-0.15, -0.1) is 11.8 Å². The van der Waals surface area contributed by atoms with Gasteiger partial charge in [-0.1, -0.05) is 40.5 Å². The van der Waals surface area contributed by atoms with Crippen LogP contribution in [-0.2, 0) is 19.1 Å². The molecule has 2 bridgehead atoms. The van der Waals surface area contributed by atoms with Crippen LogP contribution in [0.5, 0.6) is 0 Å². The van der Waals surface area contributed by atoms with Crippen molar-refractivity contribution in [2.24, 2.45) is 23.7 Å². The van der Waals surface area contributed by atoms with Gasteiger partial charge >= 0.3 is 5.97 Å². The molecular formula is C23H38N2O5S. The second-order valence-corrected chi connectivity index (χ2v) is 10.9. The van der Waals surface area contributed by atoms with Gasteiger partial charge in [0, 0.05) is 11.8 Å². The maximum atomic E-state index is 13.9. The van der Waals surface area contributed by atoms with Crippen LogP contribution in [0.4, 0.5) is 0 Å². The number of fused-ring (bicyclic) bond motifs is 1. The van der Waals surface area contributed by atoms with Gasteiger partial charge in [-0.05, 0) is 31.6 Å². The molecule has 2 amide bonds. The highest BCUT2D eigenvalue weighted by Gasteiger charge is 2.76. The quantitative estimate of drug-likeness (QED) is 0.388. The Balaban J connectivity index is 2.06. The lowest BCUT2D eigenvalue weighted by atomic mass is 9.66. The van der Waals surface area contributed by atoms with Crippen LogP contribution in [0.3, 0.4) is 0 Å². The number of carbonyl (C=O) groups is 3. The molecule has 1 spiro atoms. The van der Waals surface area contributed by atoms with E-state index < -0.39 is 28.7 Å². The predicted molar refractivity (Wildman–Crippen MR) is 120 cm³/mol. The van der Waals surface area contributed by atoms with Crippen LogP contribution in [0.1, 0.15) is 60.3 Å². The van der Waals surface area contributed by atoms with E-state index in [0.717, 1.165) is 25.7 Å². The molecule has 0 aromatic heterocycles. The number of nitrogens with zero attached hydrogens (tertiary/aromatic N) is 1. The Hall–Kier alpha value is -1.28. The molecule has 0 aromatic carbocycles. The van der Waals surface area contributed by atoms with E-state index in [0.29, 0.717) is 6.54 Å². The molecule has 3 unspecified atom stereocenters. The summed E-state index contributed by atoms with van der Waals surface area (Å²) >= 11 is 1.64. The van der Waals surface area contributed by atoms with Gasteiger partial charge in [0.15, 0.2) is 0 Å². The summed E-state index contributed by atoms with van der Waals surface area (Å²) in [6, 6.07) is -1.13. The van der Waals surface area contributed by atoms with Gasteiger partial charge in [0.2, 0.25) is 11.8 Å². The van der Waals surface area contributed by atoms with E-state index in [1.54, 1.807) is 23.6 Å². The number of rotatable bonds is 10. The Morgan fingerprint density at radius 1 is 1.35 bits per heavy atom. The highest BCUT2D eigenvalue weighted by atomic mass is 32.2. The van der Waals surface area contributed by atoms with Gasteiger partial charge < -0.3 is 20.1 Å². The molecule has 7 nitrogen and oxygen atoms in total. The minimum atomic E-state index is -0.683. The standard InChI is InChI=1S/C23H38N2O5S/c1-6-9-10-24-20(27)19-23-14(5)11-16(31-23)17(22(29)30-8-3)18(23)21(28)25(19)15(12-26)13(4)7-2/h13-19,26H,6-12H2,1-5H3,(H,24,27)/t13-,14?,15-,16-,17+,18-,19?,23?/m0/s1. The fourth-order valence-electron chi connectivity index (χ4n) is 5.92. The van der Waals surface area contributed by atoms with Crippen LogP contribution in [0.25, 0.3) is 0 Å². The van der Waals surface area contributed by atoms with Crippen molar-refractivity contribution >= 4 is 29.5 Å². The lowest BCUT2D eigenvalue weighted by Gasteiger charge is -2.41. The molecule has 3 saturated heterocycles. The van der Waals surface area contributed by atoms with E-state index in [-0.39, 0.29) is 48.1 Å². The Morgan fingerprint density at radius 2 is 2.06 bits per heavy atom. The Morgan fingerprint density at radius 3 is 2.65 bits per heavy atom. The summed E-state index contributed by atoms with van der Waals surface area (Å²) in [7, 11) is 0. The average molecular weight is 455 g/mol. The number of aliphatic hydroxyl groups is 1. The minimum absolute atomic E-state index is 0.00716. The highest BCUT2D eigenvalue weighted by Crippen LogP contribution is 2.69. The summed E-state index contributed by atoms with van der Waals surface area (Å²) in [4.78, 5) is 42.0. The van der Waals surface area contributed by atoms with Crippen LogP contribution in [0.2, 0.25) is 0 Å². The summed E-state index contributed by atoms with van der Waals surface area (Å²) < 4.78 is 4.70. The minimum Gasteiger partial charge on any atom is -0.466 e. The third kappa shape index (κ3) is 3.77. The molecule has 8 atom stereocenters. The van der Waals surface area contributed by atoms with E-state index in [1.807, 2.05) is 13.8 Å². The first-order chi connectivity index (χ1) is 14.8. The van der Waals surface area contributed by atoms with Crippen molar-refractivity contribution in [3.8, 4) is 0 Å². The summed E-state index contributed by atoms with van der Waals surface area (Å²) in [5.74, 6) is -1.61. The first-order valence-corrected chi connectivity index (χ1v) is 12.7. The Labute approximate surface area is 190 Å². The number of unbranched alkanes of at least 4 members (excludes halogenated alkanes) is 1. The second-order valence-electron chi connectivity index (χ2n) is 9.33. The van der Waals surface area contributed by atoms with E-state index in [9.17, 15) is 19.5 Å². The van der Waals surface area contributed by atoms with Gasteiger partial charge in [-0.2, -0.15) is 0 Å². The van der Waals surface area contributed by atoms with Crippen molar-refractivity contribution in [3.05, 3.63) is 0 Å². The fraction of sp³-hybridized carbons (Fsp3) is 0.870. The number of carbonyl (C=O) groups excluding carboxylic acids is 3. The molecule has 3 aliphatic rings. The number of thioether (sulfide) groups is 1. The molecule has 0 aromatic rings. The Kier molecular flexibility index (Phi) is 7.62. The summed E-state index contributed by atoms with van der Waals surface area (Å²) in [6.45, 7) is 10.6. The van der Waals surface area contributed by atoms with Crippen LogP contribution in [0, 0.1) is 23.7 Å². The van der Waals surface area contributed by atoms with Crippen molar-refractivity contribution in [1.29, 1.82) is 0 Å². The first-order valence-electron chi connectivity index (χ1n) is 11.8. The number of hydrogen-bond acceptors (Lipinski definition) is 6. The Bertz CT molecular complexity index is 703. The van der Waals surface area contributed by atoms with Gasteiger partial charge in [0.1, 0.15) is 6.04 Å². The third-order valence-electron chi connectivity index (χ3n) is 7.67. The first kappa shape index (κ1) is 24.4. The van der Waals surface area contributed by atoms with Gasteiger partial charge in [0.05, 0.1) is 35.8 Å². The monoisotopic (exact) mass is 454 g/mol. The molecule has 3 fully saturated rings. The topological polar surface area (TPSA) is 95.9 Å². The number of aliphatic hydroxyl groups excluding tert-OH is 1. The molecule has 31 heavy (non-hydrogen) atoms. The van der Waals surface area contributed by atoms with E-state index in [1.165, 1.54) is 0 Å². The summed E-state index contributed by atoms with van der Waals surface area (Å²) in [5.41, 5.74) is 0. The normalized spacial score (nSPS) is 35.7. The number of likely N-dealkylation sites (tertiary alicyclic amines) is 1. The second kappa shape index (κ2) is 9.69. The SMILES string of the molecule is CCCCNC(=O)C1N([C@@H](CO)[C@@H](C)CC)C(=O)[C@@H]2[C@H](C(=O)OCC)[C@@H]3CC(C)C12S3. The fourth-order valence-corrected chi connectivity index (χ4v) is 8.32.